The van der Waals surface area contributed by atoms with Crippen molar-refractivity contribution in [2.45, 2.75) is 38.9 Å². The van der Waals surface area contributed by atoms with Gasteiger partial charge in [-0.3, -0.25) is 0 Å². The van der Waals surface area contributed by atoms with Crippen LogP contribution >= 0.6 is 34.5 Å². The van der Waals surface area contributed by atoms with Gasteiger partial charge in [-0.2, -0.15) is 0 Å². The Morgan fingerprint density at radius 2 is 1.83 bits per heavy atom. The topological polar surface area (TPSA) is 54.3 Å². The van der Waals surface area contributed by atoms with Gasteiger partial charge in [0.25, 0.3) is 0 Å². The zero-order valence-corrected chi connectivity index (χ0v) is 16.9. The molecule has 0 radical (unpaired) electrons. The average molecular weight is 457 g/mol. The molecule has 2 aromatic carbocycles. The van der Waals surface area contributed by atoms with E-state index in [9.17, 15) is 0 Å². The summed E-state index contributed by atoms with van der Waals surface area (Å²) in [5.41, 5.74) is 1.44. The van der Waals surface area contributed by atoms with Gasteiger partial charge >= 0.3 is 7.12 Å². The Hall–Kier alpha value is -0.825. The Morgan fingerprint density at radius 1 is 1.21 bits per heavy atom. The van der Waals surface area contributed by atoms with Gasteiger partial charge in [-0.05, 0) is 45.2 Å². The van der Waals surface area contributed by atoms with E-state index in [1.165, 1.54) is 6.21 Å². The first-order chi connectivity index (χ1) is 11.2. The molecule has 0 saturated carbocycles. The van der Waals surface area contributed by atoms with E-state index in [-0.39, 0.29) is 0 Å². The average Bonchev–Trinajstić information content (AvgIpc) is 2.73. The fraction of sp³-hybridized carbons (Fsp3) is 0.353. The van der Waals surface area contributed by atoms with E-state index in [0.29, 0.717) is 5.02 Å². The molecule has 0 unspecified atom stereocenters. The zero-order chi connectivity index (χ0) is 17.7. The van der Waals surface area contributed by atoms with Crippen molar-refractivity contribution in [3.05, 3.63) is 34.9 Å². The van der Waals surface area contributed by atoms with E-state index >= 15 is 0 Å². The summed E-state index contributed by atoms with van der Waals surface area (Å²) in [4.78, 5) is 0. The summed E-state index contributed by atoms with van der Waals surface area (Å²) in [5, 5.41) is 10.4. The molecule has 1 heterocycles. The minimum absolute atomic E-state index is 0.460. The molecule has 0 atom stereocenters. The number of benzene rings is 2. The second-order valence-corrected chi connectivity index (χ2v) is 7.86. The summed E-state index contributed by atoms with van der Waals surface area (Å²) in [6, 6.07) is 7.76. The molecule has 1 saturated heterocycles. The molecular weight excluding hydrogens is 437 g/mol. The van der Waals surface area contributed by atoms with E-state index in [4.69, 9.17) is 26.3 Å². The Bertz CT molecular complexity index is 810. The Kier molecular flexibility index (Phi) is 4.62. The highest BCUT2D eigenvalue weighted by Crippen LogP contribution is 2.38. The maximum Gasteiger partial charge on any atom is 0.496 e. The highest BCUT2D eigenvalue weighted by atomic mass is 127. The first-order valence-corrected chi connectivity index (χ1v) is 9.15. The number of anilines is 1. The summed E-state index contributed by atoms with van der Waals surface area (Å²) in [5.74, 6) is 0. The number of hydrogen-bond donors (Lipinski definition) is 2. The number of nitrogens with one attached hydrogen (secondary N) is 2. The van der Waals surface area contributed by atoms with Crippen LogP contribution in [0.25, 0.3) is 10.8 Å². The summed E-state index contributed by atoms with van der Waals surface area (Å²) in [6.07, 6.45) is 1.32. The SMILES string of the molecule is CC1(C)OB(c2c(C=N)c(NI)cc3cccc(Cl)c23)OC1(C)C. The predicted octanol–water partition coefficient (Wildman–Crippen LogP) is 4.55. The van der Waals surface area contributed by atoms with Crippen molar-refractivity contribution in [2.24, 2.45) is 0 Å². The minimum atomic E-state index is -0.585. The van der Waals surface area contributed by atoms with Crippen LogP contribution in [0.3, 0.4) is 0 Å². The Labute approximate surface area is 161 Å². The summed E-state index contributed by atoms with van der Waals surface area (Å²) in [6.45, 7) is 8.06. The van der Waals surface area contributed by atoms with Crippen molar-refractivity contribution in [1.29, 1.82) is 5.41 Å². The molecule has 1 aliphatic rings. The van der Waals surface area contributed by atoms with Crippen LogP contribution in [0.2, 0.25) is 5.02 Å². The van der Waals surface area contributed by atoms with Crippen molar-refractivity contribution < 1.29 is 9.31 Å². The predicted molar refractivity (Wildman–Crippen MR) is 110 cm³/mol. The van der Waals surface area contributed by atoms with Crippen LogP contribution in [0.4, 0.5) is 5.69 Å². The molecule has 24 heavy (non-hydrogen) atoms. The first kappa shape index (κ1) is 18.0. The third-order valence-electron chi connectivity index (χ3n) is 4.93. The van der Waals surface area contributed by atoms with Gasteiger partial charge in [-0.25, -0.2) is 0 Å². The van der Waals surface area contributed by atoms with Crippen molar-refractivity contribution >= 4 is 69.7 Å². The molecule has 0 aromatic heterocycles. The van der Waals surface area contributed by atoms with Crippen LogP contribution in [-0.4, -0.2) is 24.5 Å². The van der Waals surface area contributed by atoms with Crippen LogP contribution in [0.5, 0.6) is 0 Å². The third-order valence-corrected chi connectivity index (χ3v) is 5.83. The standard InChI is InChI=1S/C17H19BClIN2O2/c1-16(2)17(3,4)24-18(23-16)15-11(9-21)13(22-20)8-10-6-5-7-12(19)14(10)15/h5-9,21-22H,1-4H3. The largest absolute Gasteiger partial charge is 0.496 e. The maximum atomic E-state index is 7.91. The highest BCUT2D eigenvalue weighted by molar-refractivity contribution is 14.1. The number of fused-ring (bicyclic) bond motifs is 1. The fourth-order valence-electron chi connectivity index (χ4n) is 2.90. The van der Waals surface area contributed by atoms with Gasteiger partial charge in [-0.15, -0.1) is 0 Å². The van der Waals surface area contributed by atoms with Gasteiger partial charge in [0, 0.05) is 27.6 Å². The zero-order valence-electron chi connectivity index (χ0n) is 14.0. The van der Waals surface area contributed by atoms with Gasteiger partial charge in [-0.1, -0.05) is 23.7 Å². The first-order valence-electron chi connectivity index (χ1n) is 7.70. The quantitative estimate of drug-likeness (QED) is 0.308. The molecule has 1 fully saturated rings. The lowest BCUT2D eigenvalue weighted by Gasteiger charge is -2.32. The highest BCUT2D eigenvalue weighted by Gasteiger charge is 2.52. The lowest BCUT2D eigenvalue weighted by atomic mass is 9.72. The van der Waals surface area contributed by atoms with Crippen molar-refractivity contribution in [2.75, 3.05) is 3.53 Å². The second-order valence-electron chi connectivity index (χ2n) is 6.92. The van der Waals surface area contributed by atoms with Crippen molar-refractivity contribution in [3.8, 4) is 0 Å². The summed E-state index contributed by atoms with van der Waals surface area (Å²) in [7, 11) is -0.585. The van der Waals surface area contributed by atoms with Gasteiger partial charge in [0.2, 0.25) is 0 Å². The van der Waals surface area contributed by atoms with Crippen LogP contribution in [-0.2, 0) is 9.31 Å². The second kappa shape index (κ2) is 6.16. The molecule has 0 spiro atoms. The Balaban J connectivity index is 2.32. The third kappa shape index (κ3) is 2.73. The van der Waals surface area contributed by atoms with Crippen molar-refractivity contribution in [1.82, 2.24) is 0 Å². The molecule has 1 aliphatic heterocycles. The monoisotopic (exact) mass is 456 g/mol. The van der Waals surface area contributed by atoms with E-state index in [1.54, 1.807) is 0 Å². The smallest absolute Gasteiger partial charge is 0.399 e. The van der Waals surface area contributed by atoms with E-state index in [1.807, 2.05) is 52.0 Å². The van der Waals surface area contributed by atoms with Gasteiger partial charge in [0.1, 0.15) is 0 Å². The molecule has 0 aliphatic carbocycles. The lowest BCUT2D eigenvalue weighted by molar-refractivity contribution is 0.00578. The molecule has 2 aromatic rings. The Morgan fingerprint density at radius 3 is 2.38 bits per heavy atom. The van der Waals surface area contributed by atoms with Crippen molar-refractivity contribution in [3.63, 3.8) is 0 Å². The van der Waals surface area contributed by atoms with Crippen LogP contribution < -0.4 is 8.99 Å². The number of rotatable bonds is 3. The minimum Gasteiger partial charge on any atom is -0.399 e. The number of halogens is 2. The van der Waals surface area contributed by atoms with Crippen LogP contribution in [0.15, 0.2) is 24.3 Å². The van der Waals surface area contributed by atoms with Gasteiger partial charge < -0.3 is 18.2 Å². The molecule has 126 valence electrons. The van der Waals surface area contributed by atoms with E-state index in [0.717, 1.165) is 27.5 Å². The maximum absolute atomic E-state index is 7.91. The molecule has 2 N–H and O–H groups in total. The fourth-order valence-corrected chi connectivity index (χ4v) is 3.63. The molecule has 7 heteroatoms. The van der Waals surface area contributed by atoms with Gasteiger partial charge in [0.05, 0.1) is 39.8 Å². The molecule has 0 bridgehead atoms. The van der Waals surface area contributed by atoms with Gasteiger partial charge in [0.15, 0.2) is 0 Å². The normalized spacial score (nSPS) is 18.8. The molecular formula is C17H19BClIN2O2. The molecule has 4 nitrogen and oxygen atoms in total. The summed E-state index contributed by atoms with van der Waals surface area (Å²) < 4.78 is 15.6. The lowest BCUT2D eigenvalue weighted by Crippen LogP contribution is -2.41. The van der Waals surface area contributed by atoms with Crippen LogP contribution in [0, 0.1) is 5.41 Å². The molecule has 3 rings (SSSR count). The van der Waals surface area contributed by atoms with E-state index in [2.05, 4.69) is 26.4 Å². The molecule has 0 amide bonds. The van der Waals surface area contributed by atoms with E-state index < -0.39 is 18.3 Å². The summed E-state index contributed by atoms with van der Waals surface area (Å²) >= 11 is 8.57. The number of hydrogen-bond acceptors (Lipinski definition) is 4. The van der Waals surface area contributed by atoms with Crippen LogP contribution in [0.1, 0.15) is 33.3 Å².